The van der Waals surface area contributed by atoms with Gasteiger partial charge in [-0.05, 0) is 29.5 Å². The summed E-state index contributed by atoms with van der Waals surface area (Å²) in [7, 11) is 0. The van der Waals surface area contributed by atoms with Crippen LogP contribution >= 0.6 is 31.9 Å². The van der Waals surface area contributed by atoms with Crippen LogP contribution in [0.25, 0.3) is 0 Å². The summed E-state index contributed by atoms with van der Waals surface area (Å²) in [5.74, 6) is 0. The van der Waals surface area contributed by atoms with E-state index in [1.165, 1.54) is 36.0 Å². The average Bonchev–Trinajstić information content (AvgIpc) is 2.25. The molecule has 0 aliphatic rings. The van der Waals surface area contributed by atoms with Gasteiger partial charge in [0.15, 0.2) is 0 Å². The second-order valence-corrected chi connectivity index (χ2v) is 4.55. The van der Waals surface area contributed by atoms with Crippen LogP contribution in [0.5, 0.6) is 0 Å². The minimum atomic E-state index is 0.952. The standard InChI is InChI=1S/C12H16Br2/c1-2-3-5-10-6-4-7-11(8-13)12(10)9-14/h4,6-7H,2-3,5,8-9H2,1H3. The van der Waals surface area contributed by atoms with Crippen molar-refractivity contribution in [2.75, 3.05) is 0 Å². The summed E-state index contributed by atoms with van der Waals surface area (Å²) < 4.78 is 0. The maximum absolute atomic E-state index is 3.57. The number of alkyl halides is 2. The van der Waals surface area contributed by atoms with Gasteiger partial charge in [-0.25, -0.2) is 0 Å². The predicted molar refractivity (Wildman–Crippen MR) is 70.3 cm³/mol. The fourth-order valence-corrected chi connectivity index (χ4v) is 2.83. The first-order valence-corrected chi connectivity index (χ1v) is 7.29. The summed E-state index contributed by atoms with van der Waals surface area (Å²) in [6, 6.07) is 6.60. The lowest BCUT2D eigenvalue weighted by molar-refractivity contribution is 0.790. The van der Waals surface area contributed by atoms with Crippen molar-refractivity contribution >= 4 is 31.9 Å². The molecule has 0 fully saturated rings. The highest BCUT2D eigenvalue weighted by molar-refractivity contribution is 9.09. The molecule has 0 aromatic heterocycles. The zero-order chi connectivity index (χ0) is 10.4. The normalized spacial score (nSPS) is 10.5. The summed E-state index contributed by atoms with van der Waals surface area (Å²) in [4.78, 5) is 0. The molecule has 1 rings (SSSR count). The molecular weight excluding hydrogens is 304 g/mol. The molecule has 0 amide bonds. The van der Waals surface area contributed by atoms with Crippen LogP contribution in [0.1, 0.15) is 36.5 Å². The number of hydrogen-bond acceptors (Lipinski definition) is 0. The Bertz CT molecular complexity index is 282. The Kier molecular flexibility index (Phi) is 5.80. The van der Waals surface area contributed by atoms with Crippen molar-refractivity contribution in [2.45, 2.75) is 36.8 Å². The lowest BCUT2D eigenvalue weighted by atomic mass is 9.99. The van der Waals surface area contributed by atoms with Crippen molar-refractivity contribution in [2.24, 2.45) is 0 Å². The van der Waals surface area contributed by atoms with Crippen molar-refractivity contribution < 1.29 is 0 Å². The van der Waals surface area contributed by atoms with Crippen molar-refractivity contribution in [1.82, 2.24) is 0 Å². The molecular formula is C12H16Br2. The number of unbranched alkanes of at least 4 members (excludes halogenated alkanes) is 1. The first-order valence-electron chi connectivity index (χ1n) is 5.05. The number of benzene rings is 1. The van der Waals surface area contributed by atoms with Gasteiger partial charge in [-0.3, -0.25) is 0 Å². The summed E-state index contributed by atoms with van der Waals surface area (Å²) in [6.45, 7) is 2.24. The molecule has 0 aliphatic heterocycles. The van der Waals surface area contributed by atoms with Crippen LogP contribution in [0.15, 0.2) is 18.2 Å². The number of rotatable bonds is 5. The zero-order valence-electron chi connectivity index (χ0n) is 8.52. The lowest BCUT2D eigenvalue weighted by Gasteiger charge is -2.10. The summed E-state index contributed by atoms with van der Waals surface area (Å²) in [5.41, 5.74) is 4.38. The van der Waals surface area contributed by atoms with Gasteiger partial charge in [0.1, 0.15) is 0 Å². The number of halogens is 2. The first kappa shape index (κ1) is 12.3. The molecule has 0 N–H and O–H groups in total. The Morgan fingerprint density at radius 3 is 2.36 bits per heavy atom. The van der Waals surface area contributed by atoms with Crippen LogP contribution in [0.4, 0.5) is 0 Å². The van der Waals surface area contributed by atoms with E-state index in [4.69, 9.17) is 0 Å². The highest BCUT2D eigenvalue weighted by atomic mass is 79.9. The van der Waals surface area contributed by atoms with Crippen LogP contribution in [-0.4, -0.2) is 0 Å². The van der Waals surface area contributed by atoms with E-state index < -0.39 is 0 Å². The van der Waals surface area contributed by atoms with Gasteiger partial charge in [0, 0.05) is 10.7 Å². The van der Waals surface area contributed by atoms with Gasteiger partial charge in [0.2, 0.25) is 0 Å². The summed E-state index contributed by atoms with van der Waals surface area (Å²) >= 11 is 7.10. The van der Waals surface area contributed by atoms with Gasteiger partial charge in [0.05, 0.1) is 0 Å². The Morgan fingerprint density at radius 2 is 1.79 bits per heavy atom. The van der Waals surface area contributed by atoms with E-state index in [9.17, 15) is 0 Å². The molecule has 0 saturated heterocycles. The van der Waals surface area contributed by atoms with Gasteiger partial charge >= 0.3 is 0 Å². The SMILES string of the molecule is CCCCc1cccc(CBr)c1CBr. The molecule has 0 unspecified atom stereocenters. The number of aryl methyl sites for hydroxylation is 1. The van der Waals surface area contributed by atoms with E-state index in [2.05, 4.69) is 57.0 Å². The second kappa shape index (κ2) is 6.62. The molecule has 0 heterocycles. The maximum Gasteiger partial charge on any atom is 0.0288 e. The Morgan fingerprint density at radius 1 is 1.07 bits per heavy atom. The smallest absolute Gasteiger partial charge is 0.0288 e. The highest BCUT2D eigenvalue weighted by Crippen LogP contribution is 2.21. The van der Waals surface area contributed by atoms with Gasteiger partial charge in [-0.1, -0.05) is 63.4 Å². The van der Waals surface area contributed by atoms with Crippen LogP contribution in [0.2, 0.25) is 0 Å². The van der Waals surface area contributed by atoms with Gasteiger partial charge in [-0.2, -0.15) is 0 Å². The Hall–Kier alpha value is 0.180. The molecule has 2 heteroatoms. The predicted octanol–water partition coefficient (Wildman–Crippen LogP) is 4.82. The third-order valence-corrected chi connectivity index (χ3v) is 3.61. The number of hydrogen-bond donors (Lipinski definition) is 0. The average molecular weight is 320 g/mol. The van der Waals surface area contributed by atoms with Crippen LogP contribution in [0, 0.1) is 0 Å². The van der Waals surface area contributed by atoms with E-state index in [0.29, 0.717) is 0 Å². The Labute approximate surface area is 103 Å². The zero-order valence-corrected chi connectivity index (χ0v) is 11.7. The molecule has 0 aliphatic carbocycles. The van der Waals surface area contributed by atoms with Crippen molar-refractivity contribution in [3.05, 3.63) is 34.9 Å². The van der Waals surface area contributed by atoms with Gasteiger partial charge in [0.25, 0.3) is 0 Å². The molecule has 0 nitrogen and oxygen atoms in total. The molecule has 1 aromatic carbocycles. The first-order chi connectivity index (χ1) is 6.83. The van der Waals surface area contributed by atoms with E-state index in [-0.39, 0.29) is 0 Å². The van der Waals surface area contributed by atoms with Crippen LogP contribution < -0.4 is 0 Å². The van der Waals surface area contributed by atoms with Gasteiger partial charge in [-0.15, -0.1) is 0 Å². The maximum atomic E-state index is 3.57. The third kappa shape index (κ3) is 3.09. The minimum Gasteiger partial charge on any atom is -0.0876 e. The Balaban J connectivity index is 2.90. The molecule has 78 valence electrons. The molecule has 14 heavy (non-hydrogen) atoms. The fraction of sp³-hybridized carbons (Fsp3) is 0.500. The molecule has 1 aromatic rings. The minimum absolute atomic E-state index is 0.952. The van der Waals surface area contributed by atoms with Crippen molar-refractivity contribution in [3.63, 3.8) is 0 Å². The summed E-state index contributed by atoms with van der Waals surface area (Å²) in [6.07, 6.45) is 3.75. The summed E-state index contributed by atoms with van der Waals surface area (Å²) in [5, 5.41) is 1.92. The largest absolute Gasteiger partial charge is 0.0876 e. The van der Waals surface area contributed by atoms with E-state index >= 15 is 0 Å². The van der Waals surface area contributed by atoms with E-state index in [0.717, 1.165) is 10.7 Å². The van der Waals surface area contributed by atoms with E-state index in [1.54, 1.807) is 0 Å². The lowest BCUT2D eigenvalue weighted by Crippen LogP contribution is -1.96. The molecule has 0 radical (unpaired) electrons. The fourth-order valence-electron chi connectivity index (χ4n) is 1.59. The van der Waals surface area contributed by atoms with Crippen molar-refractivity contribution in [3.8, 4) is 0 Å². The quantitative estimate of drug-likeness (QED) is 0.683. The monoisotopic (exact) mass is 318 g/mol. The molecule has 0 atom stereocenters. The molecule has 0 bridgehead atoms. The highest BCUT2D eigenvalue weighted by Gasteiger charge is 2.05. The van der Waals surface area contributed by atoms with Crippen LogP contribution in [-0.2, 0) is 17.1 Å². The van der Waals surface area contributed by atoms with Crippen LogP contribution in [0.3, 0.4) is 0 Å². The van der Waals surface area contributed by atoms with Crippen molar-refractivity contribution in [1.29, 1.82) is 0 Å². The second-order valence-electron chi connectivity index (χ2n) is 3.43. The van der Waals surface area contributed by atoms with E-state index in [1.807, 2.05) is 0 Å². The van der Waals surface area contributed by atoms with Gasteiger partial charge < -0.3 is 0 Å². The molecule has 0 saturated carbocycles. The third-order valence-electron chi connectivity index (χ3n) is 2.45. The topological polar surface area (TPSA) is 0 Å². The molecule has 0 spiro atoms.